The highest BCUT2D eigenvalue weighted by atomic mass is 16.7. The molecule has 1 aliphatic heterocycles. The molecule has 0 spiro atoms. The summed E-state index contributed by atoms with van der Waals surface area (Å²) >= 11 is 0. The molecule has 1 aliphatic rings. The van der Waals surface area contributed by atoms with Gasteiger partial charge >= 0.3 is 11.9 Å². The zero-order valence-corrected chi connectivity index (χ0v) is 16.6. The standard InChI is InChI=1S/C20H34O6/c1-5-7-8-16(6-2)20-24-13-17(14-25-20)26-19(22)10-9-18(21)23-12-11-15(3)4/h9-10,15-17,20H,5-8,11-14H2,1-4H3. The van der Waals surface area contributed by atoms with Crippen LogP contribution in [0.5, 0.6) is 0 Å². The molecule has 0 bridgehead atoms. The Labute approximate surface area is 157 Å². The van der Waals surface area contributed by atoms with E-state index in [-0.39, 0.29) is 6.29 Å². The third-order valence-corrected chi connectivity index (χ3v) is 4.31. The molecule has 1 saturated heterocycles. The molecule has 6 nitrogen and oxygen atoms in total. The highest BCUT2D eigenvalue weighted by Crippen LogP contribution is 2.23. The van der Waals surface area contributed by atoms with Crippen molar-refractivity contribution in [1.29, 1.82) is 0 Å². The lowest BCUT2D eigenvalue weighted by atomic mass is 9.98. The van der Waals surface area contributed by atoms with Crippen LogP contribution in [0.2, 0.25) is 0 Å². The van der Waals surface area contributed by atoms with Gasteiger partial charge in [0.05, 0.1) is 19.8 Å². The molecule has 6 heteroatoms. The Morgan fingerprint density at radius 3 is 2.31 bits per heavy atom. The van der Waals surface area contributed by atoms with Crippen LogP contribution in [0.25, 0.3) is 0 Å². The first-order valence-corrected chi connectivity index (χ1v) is 9.74. The lowest BCUT2D eigenvalue weighted by molar-refractivity contribution is -0.243. The van der Waals surface area contributed by atoms with Crippen LogP contribution < -0.4 is 0 Å². The first kappa shape index (κ1) is 22.6. The maximum atomic E-state index is 11.8. The quantitative estimate of drug-likeness (QED) is 0.408. The number of carbonyl (C=O) groups is 2. The van der Waals surface area contributed by atoms with Crippen molar-refractivity contribution in [3.63, 3.8) is 0 Å². The molecule has 0 amide bonds. The fourth-order valence-electron chi connectivity index (χ4n) is 2.62. The van der Waals surface area contributed by atoms with E-state index >= 15 is 0 Å². The Kier molecular flexibility index (Phi) is 11.2. The van der Waals surface area contributed by atoms with Crippen LogP contribution in [-0.4, -0.2) is 44.2 Å². The summed E-state index contributed by atoms with van der Waals surface area (Å²) in [5, 5.41) is 0. The van der Waals surface area contributed by atoms with Gasteiger partial charge in [0.15, 0.2) is 6.29 Å². The van der Waals surface area contributed by atoms with Crippen LogP contribution in [-0.2, 0) is 28.5 Å². The second kappa shape index (κ2) is 12.9. The average molecular weight is 370 g/mol. The molecule has 26 heavy (non-hydrogen) atoms. The maximum Gasteiger partial charge on any atom is 0.331 e. The van der Waals surface area contributed by atoms with Crippen molar-refractivity contribution in [2.24, 2.45) is 11.8 Å². The number of unbranched alkanes of at least 4 members (excludes halogenated alkanes) is 1. The Bertz CT molecular complexity index is 438. The summed E-state index contributed by atoms with van der Waals surface area (Å²) in [5.41, 5.74) is 0. The van der Waals surface area contributed by atoms with Crippen molar-refractivity contribution in [3.8, 4) is 0 Å². The van der Waals surface area contributed by atoms with E-state index in [4.69, 9.17) is 18.9 Å². The summed E-state index contributed by atoms with van der Waals surface area (Å²) in [6.07, 6.45) is 6.65. The Balaban J connectivity index is 2.28. The molecule has 1 heterocycles. The number of rotatable bonds is 11. The molecule has 0 aromatic rings. The average Bonchev–Trinajstić information content (AvgIpc) is 2.61. The van der Waals surface area contributed by atoms with Crippen molar-refractivity contribution in [2.45, 2.75) is 72.2 Å². The van der Waals surface area contributed by atoms with E-state index in [0.29, 0.717) is 31.7 Å². The van der Waals surface area contributed by atoms with Crippen molar-refractivity contribution in [1.82, 2.24) is 0 Å². The van der Waals surface area contributed by atoms with Gasteiger partial charge in [-0.25, -0.2) is 9.59 Å². The summed E-state index contributed by atoms with van der Waals surface area (Å²) in [6, 6.07) is 0. The van der Waals surface area contributed by atoms with Gasteiger partial charge in [-0.1, -0.05) is 40.5 Å². The lowest BCUT2D eigenvalue weighted by Crippen LogP contribution is -2.41. The second-order valence-corrected chi connectivity index (χ2v) is 7.09. The van der Waals surface area contributed by atoms with Crippen LogP contribution in [0.15, 0.2) is 12.2 Å². The molecule has 1 fully saturated rings. The summed E-state index contributed by atoms with van der Waals surface area (Å²) in [4.78, 5) is 23.3. The molecular weight excluding hydrogens is 336 g/mol. The Morgan fingerprint density at radius 2 is 1.73 bits per heavy atom. The predicted octanol–water partition coefficient (Wildman–Crippen LogP) is 3.63. The predicted molar refractivity (Wildman–Crippen MR) is 98.4 cm³/mol. The minimum Gasteiger partial charge on any atom is -0.463 e. The van der Waals surface area contributed by atoms with Crippen LogP contribution in [0.4, 0.5) is 0 Å². The van der Waals surface area contributed by atoms with Gasteiger partial charge in [-0.2, -0.15) is 0 Å². The molecule has 1 atom stereocenters. The van der Waals surface area contributed by atoms with Crippen LogP contribution >= 0.6 is 0 Å². The fraction of sp³-hybridized carbons (Fsp3) is 0.800. The molecule has 1 unspecified atom stereocenters. The number of ether oxygens (including phenoxy) is 4. The second-order valence-electron chi connectivity index (χ2n) is 7.09. The molecular formula is C20H34O6. The van der Waals surface area contributed by atoms with Crippen LogP contribution in [0.1, 0.15) is 59.8 Å². The van der Waals surface area contributed by atoms with Gasteiger partial charge in [-0.15, -0.1) is 0 Å². The van der Waals surface area contributed by atoms with Gasteiger partial charge in [0.25, 0.3) is 0 Å². The molecule has 0 aliphatic carbocycles. The molecule has 1 rings (SSSR count). The van der Waals surface area contributed by atoms with Gasteiger partial charge < -0.3 is 18.9 Å². The van der Waals surface area contributed by atoms with Gasteiger partial charge in [0, 0.05) is 18.1 Å². The molecule has 0 N–H and O–H groups in total. The third kappa shape index (κ3) is 9.34. The van der Waals surface area contributed by atoms with Crippen molar-refractivity contribution < 1.29 is 28.5 Å². The van der Waals surface area contributed by atoms with Crippen molar-refractivity contribution >= 4 is 11.9 Å². The number of carbonyl (C=O) groups excluding carboxylic acids is 2. The number of hydrogen-bond acceptors (Lipinski definition) is 6. The van der Waals surface area contributed by atoms with E-state index in [9.17, 15) is 9.59 Å². The summed E-state index contributed by atoms with van der Waals surface area (Å²) in [7, 11) is 0. The normalized spacial score (nSPS) is 21.7. The first-order valence-electron chi connectivity index (χ1n) is 9.74. The third-order valence-electron chi connectivity index (χ3n) is 4.31. The monoisotopic (exact) mass is 370 g/mol. The smallest absolute Gasteiger partial charge is 0.331 e. The topological polar surface area (TPSA) is 71.1 Å². The summed E-state index contributed by atoms with van der Waals surface area (Å²) in [6.45, 7) is 9.36. The Hall–Kier alpha value is -1.40. The maximum absolute atomic E-state index is 11.8. The molecule has 0 aromatic heterocycles. The largest absolute Gasteiger partial charge is 0.463 e. The van der Waals surface area contributed by atoms with Crippen LogP contribution in [0, 0.1) is 11.8 Å². The lowest BCUT2D eigenvalue weighted by Gasteiger charge is -2.33. The van der Waals surface area contributed by atoms with E-state index in [1.54, 1.807) is 0 Å². The minimum absolute atomic E-state index is 0.229. The zero-order chi connectivity index (χ0) is 19.4. The summed E-state index contributed by atoms with van der Waals surface area (Å²) in [5.74, 6) is -0.312. The van der Waals surface area contributed by atoms with Crippen molar-refractivity contribution in [2.75, 3.05) is 19.8 Å². The molecule has 0 aromatic carbocycles. The minimum atomic E-state index is -0.598. The first-order chi connectivity index (χ1) is 12.5. The Morgan fingerprint density at radius 1 is 1.08 bits per heavy atom. The highest BCUT2D eigenvalue weighted by molar-refractivity contribution is 5.91. The van der Waals surface area contributed by atoms with E-state index in [1.165, 1.54) is 0 Å². The van der Waals surface area contributed by atoms with E-state index in [0.717, 1.165) is 44.3 Å². The van der Waals surface area contributed by atoms with Gasteiger partial charge in [0.1, 0.15) is 6.10 Å². The van der Waals surface area contributed by atoms with Crippen molar-refractivity contribution in [3.05, 3.63) is 12.2 Å². The van der Waals surface area contributed by atoms with Gasteiger partial charge in [-0.05, 0) is 25.2 Å². The number of hydrogen-bond donors (Lipinski definition) is 0. The van der Waals surface area contributed by atoms with E-state index < -0.39 is 18.0 Å². The molecule has 150 valence electrons. The van der Waals surface area contributed by atoms with E-state index in [1.807, 2.05) is 13.8 Å². The zero-order valence-electron chi connectivity index (χ0n) is 16.6. The molecule has 0 saturated carbocycles. The van der Waals surface area contributed by atoms with Gasteiger partial charge in [-0.3, -0.25) is 0 Å². The SMILES string of the molecule is CCCCC(CC)C1OCC(OC(=O)C=CC(=O)OCCC(C)C)CO1. The highest BCUT2D eigenvalue weighted by Gasteiger charge is 2.29. The number of esters is 2. The fourth-order valence-corrected chi connectivity index (χ4v) is 2.62. The summed E-state index contributed by atoms with van der Waals surface area (Å²) < 4.78 is 21.7. The molecule has 0 radical (unpaired) electrons. The van der Waals surface area contributed by atoms with E-state index in [2.05, 4.69) is 13.8 Å². The van der Waals surface area contributed by atoms with Gasteiger partial charge in [0.2, 0.25) is 0 Å². The van der Waals surface area contributed by atoms with Crippen LogP contribution in [0.3, 0.4) is 0 Å².